The Morgan fingerprint density at radius 2 is 2.24 bits per heavy atom. The fourth-order valence-electron chi connectivity index (χ4n) is 3.58. The van der Waals surface area contributed by atoms with Gasteiger partial charge < -0.3 is 9.53 Å². The van der Waals surface area contributed by atoms with Gasteiger partial charge in [0.1, 0.15) is 6.29 Å². The van der Waals surface area contributed by atoms with Crippen LogP contribution in [0, 0.1) is 17.8 Å². The van der Waals surface area contributed by atoms with E-state index < -0.39 is 0 Å². The highest BCUT2D eigenvalue weighted by atomic mass is 16.5. The third-order valence-electron chi connectivity index (χ3n) is 5.41. The molecule has 0 radical (unpaired) electrons. The number of fused-ring (bicyclic) bond motifs is 1. The fourth-order valence-corrected chi connectivity index (χ4v) is 3.58. The van der Waals surface area contributed by atoms with Gasteiger partial charge in [0.25, 0.3) is 0 Å². The Kier molecular flexibility index (Phi) is 5.80. The molecule has 1 heterocycles. The predicted molar refractivity (Wildman–Crippen MR) is 87.2 cm³/mol. The Morgan fingerprint density at radius 1 is 1.43 bits per heavy atom. The monoisotopic (exact) mass is 290 g/mol. The minimum absolute atomic E-state index is 0.0707. The molecule has 2 rings (SSSR count). The molecule has 4 atom stereocenters. The molecule has 0 aromatic carbocycles. The van der Waals surface area contributed by atoms with Crippen molar-refractivity contribution in [3.63, 3.8) is 0 Å². The van der Waals surface area contributed by atoms with Crippen LogP contribution in [0.4, 0.5) is 0 Å². The lowest BCUT2D eigenvalue weighted by molar-refractivity contribution is -0.108. The molecule has 0 aromatic rings. The van der Waals surface area contributed by atoms with Crippen LogP contribution in [0.15, 0.2) is 23.8 Å². The minimum atomic E-state index is -0.0707. The lowest BCUT2D eigenvalue weighted by Crippen LogP contribution is -2.27. The molecule has 118 valence electrons. The first-order valence-electron chi connectivity index (χ1n) is 8.50. The van der Waals surface area contributed by atoms with Crippen LogP contribution in [0.2, 0.25) is 0 Å². The molecule has 2 aliphatic rings. The maximum Gasteiger partial charge on any atom is 0.120 e. The zero-order chi connectivity index (χ0) is 15.3. The lowest BCUT2D eigenvalue weighted by atomic mass is 9.86. The summed E-state index contributed by atoms with van der Waals surface area (Å²) in [6.45, 7) is 7.57. The molecule has 2 heteroatoms. The molecule has 1 saturated heterocycles. The Balaban J connectivity index is 1.84. The third-order valence-corrected chi connectivity index (χ3v) is 5.41. The van der Waals surface area contributed by atoms with Crippen molar-refractivity contribution in [1.82, 2.24) is 0 Å². The van der Waals surface area contributed by atoms with E-state index in [0.29, 0.717) is 24.2 Å². The number of hydrogen-bond acceptors (Lipinski definition) is 2. The van der Waals surface area contributed by atoms with Gasteiger partial charge in [-0.1, -0.05) is 44.1 Å². The van der Waals surface area contributed by atoms with Crippen molar-refractivity contribution in [3.05, 3.63) is 23.8 Å². The van der Waals surface area contributed by atoms with E-state index in [4.69, 9.17) is 4.74 Å². The quantitative estimate of drug-likeness (QED) is 0.502. The summed E-state index contributed by atoms with van der Waals surface area (Å²) in [6.07, 6.45) is 14.6. The summed E-state index contributed by atoms with van der Waals surface area (Å²) < 4.78 is 5.99. The second-order valence-electron chi connectivity index (χ2n) is 7.11. The van der Waals surface area contributed by atoms with E-state index in [9.17, 15) is 4.79 Å². The van der Waals surface area contributed by atoms with Gasteiger partial charge in [0.15, 0.2) is 0 Å². The first-order chi connectivity index (χ1) is 10.0. The van der Waals surface area contributed by atoms with Crippen molar-refractivity contribution in [1.29, 1.82) is 0 Å². The van der Waals surface area contributed by atoms with E-state index in [-0.39, 0.29) is 5.60 Å². The molecule has 2 nitrogen and oxygen atoms in total. The molecule has 1 aliphatic carbocycles. The molecule has 21 heavy (non-hydrogen) atoms. The minimum Gasteiger partial charge on any atom is -0.371 e. The largest absolute Gasteiger partial charge is 0.371 e. The van der Waals surface area contributed by atoms with Crippen molar-refractivity contribution in [3.8, 4) is 0 Å². The molecular weight excluding hydrogens is 260 g/mol. The normalized spacial score (nSPS) is 31.2. The summed E-state index contributed by atoms with van der Waals surface area (Å²) in [7, 11) is 0. The average molecular weight is 290 g/mol. The van der Waals surface area contributed by atoms with Crippen LogP contribution < -0.4 is 0 Å². The van der Waals surface area contributed by atoms with Crippen molar-refractivity contribution >= 4 is 6.29 Å². The molecule has 0 amide bonds. The molecule has 0 N–H and O–H groups in total. The van der Waals surface area contributed by atoms with E-state index in [2.05, 4.69) is 39.0 Å². The van der Waals surface area contributed by atoms with Gasteiger partial charge in [-0.15, -0.1) is 0 Å². The van der Waals surface area contributed by atoms with Crippen molar-refractivity contribution in [2.24, 2.45) is 17.8 Å². The van der Waals surface area contributed by atoms with Crippen LogP contribution in [0.5, 0.6) is 0 Å². The summed E-state index contributed by atoms with van der Waals surface area (Å²) in [5.41, 5.74) is 1.45. The van der Waals surface area contributed by atoms with E-state index in [0.717, 1.165) is 32.2 Å². The number of carbonyl (C=O) groups is 1. The molecule has 1 fully saturated rings. The summed E-state index contributed by atoms with van der Waals surface area (Å²) in [5, 5.41) is 0. The lowest BCUT2D eigenvalue weighted by Gasteiger charge is -2.25. The molecular formula is C19H30O2. The third kappa shape index (κ3) is 4.29. The van der Waals surface area contributed by atoms with Crippen LogP contribution in [-0.4, -0.2) is 18.5 Å². The molecule has 4 unspecified atom stereocenters. The van der Waals surface area contributed by atoms with Crippen LogP contribution >= 0.6 is 0 Å². The summed E-state index contributed by atoms with van der Waals surface area (Å²) in [6, 6.07) is 0. The maximum absolute atomic E-state index is 10.6. The molecule has 0 aromatic heterocycles. The SMILES string of the molecule is CC(CC=O)C(C)CCCC1=CC2(C)OCCC2C=CC1. The van der Waals surface area contributed by atoms with Gasteiger partial charge in [-0.05, 0) is 44.4 Å². The Labute approximate surface area is 129 Å². The highest BCUT2D eigenvalue weighted by molar-refractivity contribution is 5.49. The molecule has 0 bridgehead atoms. The zero-order valence-corrected chi connectivity index (χ0v) is 13.8. The van der Waals surface area contributed by atoms with Gasteiger partial charge in [-0.2, -0.15) is 0 Å². The summed E-state index contributed by atoms with van der Waals surface area (Å²) >= 11 is 0. The summed E-state index contributed by atoms with van der Waals surface area (Å²) in [5.74, 6) is 1.69. The number of rotatable bonds is 7. The van der Waals surface area contributed by atoms with E-state index >= 15 is 0 Å². The number of allylic oxidation sites excluding steroid dienone is 2. The Bertz CT molecular complexity index is 410. The molecule has 0 spiro atoms. The highest BCUT2D eigenvalue weighted by Crippen LogP contribution is 2.38. The van der Waals surface area contributed by atoms with Crippen molar-refractivity contribution in [2.45, 2.75) is 64.9 Å². The number of aldehydes is 1. The van der Waals surface area contributed by atoms with Gasteiger partial charge >= 0.3 is 0 Å². The Hall–Kier alpha value is -0.890. The predicted octanol–water partition coefficient (Wildman–Crippen LogP) is 4.70. The van der Waals surface area contributed by atoms with E-state index in [1.807, 2.05) is 0 Å². The number of carbonyl (C=O) groups excluding carboxylic acids is 1. The maximum atomic E-state index is 10.6. The van der Waals surface area contributed by atoms with Crippen LogP contribution in [0.3, 0.4) is 0 Å². The van der Waals surface area contributed by atoms with Crippen LogP contribution in [-0.2, 0) is 9.53 Å². The summed E-state index contributed by atoms with van der Waals surface area (Å²) in [4.78, 5) is 10.6. The highest BCUT2D eigenvalue weighted by Gasteiger charge is 2.37. The first-order valence-corrected chi connectivity index (χ1v) is 8.50. The first kappa shape index (κ1) is 16.5. The van der Waals surface area contributed by atoms with Crippen LogP contribution in [0.25, 0.3) is 0 Å². The van der Waals surface area contributed by atoms with Crippen LogP contribution in [0.1, 0.15) is 59.3 Å². The van der Waals surface area contributed by atoms with Gasteiger partial charge in [0.05, 0.1) is 5.60 Å². The van der Waals surface area contributed by atoms with Crippen molar-refractivity contribution in [2.75, 3.05) is 6.61 Å². The second kappa shape index (κ2) is 7.40. The average Bonchev–Trinajstić information content (AvgIpc) is 2.72. The topological polar surface area (TPSA) is 26.3 Å². The van der Waals surface area contributed by atoms with Gasteiger partial charge in [0, 0.05) is 18.9 Å². The van der Waals surface area contributed by atoms with E-state index in [1.165, 1.54) is 18.4 Å². The molecule has 0 saturated carbocycles. The number of ether oxygens (including phenoxy) is 1. The smallest absolute Gasteiger partial charge is 0.120 e. The Morgan fingerprint density at radius 3 is 3.00 bits per heavy atom. The molecule has 1 aliphatic heterocycles. The second-order valence-corrected chi connectivity index (χ2v) is 7.11. The van der Waals surface area contributed by atoms with Crippen molar-refractivity contribution < 1.29 is 9.53 Å². The fraction of sp³-hybridized carbons (Fsp3) is 0.737. The standard InChI is InChI=1S/C19H30O2/c1-15(16(2)10-12-20)6-4-7-17-8-5-9-18-11-13-21-19(18,3)14-17/h5,9,12,14-16,18H,4,6-8,10-11,13H2,1-3H3. The van der Waals surface area contributed by atoms with E-state index in [1.54, 1.807) is 0 Å². The van der Waals surface area contributed by atoms with Gasteiger partial charge in [-0.3, -0.25) is 0 Å². The number of hydrogen-bond donors (Lipinski definition) is 0. The van der Waals surface area contributed by atoms with Gasteiger partial charge in [0.2, 0.25) is 0 Å². The zero-order valence-electron chi connectivity index (χ0n) is 13.8. The van der Waals surface area contributed by atoms with Gasteiger partial charge in [-0.25, -0.2) is 0 Å².